The monoisotopic (exact) mass is 324 g/mol. The van der Waals surface area contributed by atoms with Crippen LogP contribution in [0.5, 0.6) is 5.75 Å². The molecule has 4 nitrogen and oxygen atoms in total. The van der Waals surface area contributed by atoms with E-state index in [1.807, 2.05) is 37.3 Å². The molecule has 5 heteroatoms. The fourth-order valence-electron chi connectivity index (χ4n) is 3.86. The Morgan fingerprint density at radius 3 is 2.64 bits per heavy atom. The first kappa shape index (κ1) is 17.1. The largest absolute Gasteiger partial charge is 0.489 e. The van der Waals surface area contributed by atoms with Gasteiger partial charge in [-0.25, -0.2) is 0 Å². The van der Waals surface area contributed by atoms with Crippen molar-refractivity contribution in [3.63, 3.8) is 0 Å². The molecule has 0 radical (unpaired) electrons. The average Bonchev–Trinajstić information content (AvgIpc) is 3.07. The molecule has 2 saturated carbocycles. The van der Waals surface area contributed by atoms with Gasteiger partial charge in [0.05, 0.1) is 12.5 Å². The minimum absolute atomic E-state index is 0. The van der Waals surface area contributed by atoms with Gasteiger partial charge in [-0.3, -0.25) is 4.79 Å². The number of carbonyl (C=O) groups is 1. The molecule has 5 atom stereocenters. The van der Waals surface area contributed by atoms with Gasteiger partial charge in [-0.05, 0) is 50.2 Å². The van der Waals surface area contributed by atoms with E-state index < -0.39 is 0 Å². The number of ether oxygens (including phenoxy) is 1. The number of hydrogen-bond donors (Lipinski definition) is 2. The van der Waals surface area contributed by atoms with Crippen molar-refractivity contribution >= 4 is 18.3 Å². The summed E-state index contributed by atoms with van der Waals surface area (Å²) in [7, 11) is 0. The summed E-state index contributed by atoms with van der Waals surface area (Å²) in [6.07, 6.45) is 3.44. The van der Waals surface area contributed by atoms with Gasteiger partial charge in [0.2, 0.25) is 5.91 Å². The Morgan fingerprint density at radius 2 is 2.00 bits per heavy atom. The van der Waals surface area contributed by atoms with Crippen molar-refractivity contribution in [2.24, 2.45) is 23.5 Å². The topological polar surface area (TPSA) is 64.4 Å². The van der Waals surface area contributed by atoms with Crippen LogP contribution in [0.25, 0.3) is 0 Å². The van der Waals surface area contributed by atoms with Gasteiger partial charge in [-0.2, -0.15) is 0 Å². The highest BCUT2D eigenvalue weighted by atomic mass is 35.5. The Labute approximate surface area is 138 Å². The van der Waals surface area contributed by atoms with Gasteiger partial charge in [0, 0.05) is 6.04 Å². The van der Waals surface area contributed by atoms with Crippen LogP contribution in [-0.2, 0) is 4.79 Å². The van der Waals surface area contributed by atoms with E-state index >= 15 is 0 Å². The minimum atomic E-state index is -0.0498. The first-order chi connectivity index (χ1) is 10.1. The second-order valence-corrected chi connectivity index (χ2v) is 6.42. The maximum absolute atomic E-state index is 12.4. The Bertz CT molecular complexity index is 495. The van der Waals surface area contributed by atoms with E-state index in [9.17, 15) is 4.79 Å². The summed E-state index contributed by atoms with van der Waals surface area (Å²) in [5.41, 5.74) is 6.20. The number of halogens is 1. The Balaban J connectivity index is 0.00000176. The van der Waals surface area contributed by atoms with Crippen LogP contribution in [0.15, 0.2) is 30.3 Å². The van der Waals surface area contributed by atoms with E-state index in [0.717, 1.165) is 18.6 Å². The maximum atomic E-state index is 12.4. The molecule has 2 aliphatic rings. The van der Waals surface area contributed by atoms with Crippen molar-refractivity contribution in [1.29, 1.82) is 0 Å². The van der Waals surface area contributed by atoms with Gasteiger partial charge >= 0.3 is 0 Å². The molecule has 0 spiro atoms. The molecular formula is C17H25ClN2O2. The summed E-state index contributed by atoms with van der Waals surface area (Å²) in [5, 5.41) is 3.02. The molecule has 3 rings (SSSR count). The number of fused-ring (bicyclic) bond motifs is 2. The predicted molar refractivity (Wildman–Crippen MR) is 89.1 cm³/mol. The summed E-state index contributed by atoms with van der Waals surface area (Å²) >= 11 is 0. The second-order valence-electron chi connectivity index (χ2n) is 6.42. The fraction of sp³-hybridized carbons (Fsp3) is 0.588. The van der Waals surface area contributed by atoms with Crippen molar-refractivity contribution in [3.05, 3.63) is 30.3 Å². The number of carbonyl (C=O) groups excluding carboxylic acids is 1. The molecule has 2 bridgehead atoms. The first-order valence-electron chi connectivity index (χ1n) is 7.90. The maximum Gasteiger partial charge on any atom is 0.225 e. The van der Waals surface area contributed by atoms with Crippen molar-refractivity contribution in [2.75, 3.05) is 6.54 Å². The highest BCUT2D eigenvalue weighted by Crippen LogP contribution is 2.47. The number of nitrogens with two attached hydrogens (primary N) is 1. The number of hydrogen-bond acceptors (Lipinski definition) is 3. The molecule has 122 valence electrons. The van der Waals surface area contributed by atoms with E-state index in [4.69, 9.17) is 10.5 Å². The minimum Gasteiger partial charge on any atom is -0.489 e. The normalized spacial score (nSPS) is 30.5. The lowest BCUT2D eigenvalue weighted by molar-refractivity contribution is -0.127. The van der Waals surface area contributed by atoms with Crippen molar-refractivity contribution in [2.45, 2.75) is 38.3 Å². The summed E-state index contributed by atoms with van der Waals surface area (Å²) in [6.45, 7) is 2.49. The van der Waals surface area contributed by atoms with E-state index in [-0.39, 0.29) is 36.4 Å². The molecular weight excluding hydrogens is 300 g/mol. The smallest absolute Gasteiger partial charge is 0.225 e. The van der Waals surface area contributed by atoms with Gasteiger partial charge in [0.1, 0.15) is 11.9 Å². The zero-order valence-corrected chi connectivity index (χ0v) is 13.7. The quantitative estimate of drug-likeness (QED) is 0.874. The van der Waals surface area contributed by atoms with Crippen LogP contribution in [0, 0.1) is 17.8 Å². The Morgan fingerprint density at radius 1 is 1.32 bits per heavy atom. The fourth-order valence-corrected chi connectivity index (χ4v) is 3.86. The van der Waals surface area contributed by atoms with Crippen molar-refractivity contribution < 1.29 is 9.53 Å². The lowest BCUT2D eigenvalue weighted by Gasteiger charge is -2.27. The lowest BCUT2D eigenvalue weighted by atomic mass is 9.84. The van der Waals surface area contributed by atoms with Gasteiger partial charge in [-0.1, -0.05) is 18.2 Å². The lowest BCUT2D eigenvalue weighted by Crippen LogP contribution is -2.47. The molecule has 2 fully saturated rings. The van der Waals surface area contributed by atoms with Crippen LogP contribution in [0.4, 0.5) is 0 Å². The number of amides is 1. The van der Waals surface area contributed by atoms with Gasteiger partial charge in [0.25, 0.3) is 0 Å². The zero-order valence-electron chi connectivity index (χ0n) is 12.9. The summed E-state index contributed by atoms with van der Waals surface area (Å²) in [6, 6.07) is 9.72. The van der Waals surface area contributed by atoms with Crippen molar-refractivity contribution in [1.82, 2.24) is 5.32 Å². The molecule has 0 aliphatic heterocycles. The first-order valence-corrected chi connectivity index (χ1v) is 7.90. The molecule has 1 aromatic rings. The van der Waals surface area contributed by atoms with Crippen LogP contribution >= 0.6 is 12.4 Å². The average molecular weight is 325 g/mol. The molecule has 0 saturated heterocycles. The number of nitrogens with one attached hydrogen (secondary N) is 1. The third kappa shape index (κ3) is 3.55. The summed E-state index contributed by atoms with van der Waals surface area (Å²) < 4.78 is 5.77. The molecule has 2 aliphatic carbocycles. The van der Waals surface area contributed by atoms with Crippen LogP contribution in [0.2, 0.25) is 0 Å². The molecule has 5 unspecified atom stereocenters. The molecule has 0 aromatic heterocycles. The molecule has 3 N–H and O–H groups in total. The van der Waals surface area contributed by atoms with E-state index in [2.05, 4.69) is 5.32 Å². The van der Waals surface area contributed by atoms with E-state index in [1.54, 1.807) is 0 Å². The highest BCUT2D eigenvalue weighted by molar-refractivity contribution is 5.85. The van der Waals surface area contributed by atoms with Crippen LogP contribution in [-0.4, -0.2) is 24.6 Å². The number of para-hydroxylation sites is 1. The summed E-state index contributed by atoms with van der Waals surface area (Å²) in [5.74, 6) is 2.00. The number of rotatable bonds is 5. The van der Waals surface area contributed by atoms with E-state index in [0.29, 0.717) is 18.4 Å². The molecule has 1 aromatic carbocycles. The highest BCUT2D eigenvalue weighted by Gasteiger charge is 2.48. The molecule has 22 heavy (non-hydrogen) atoms. The second kappa shape index (κ2) is 7.34. The third-order valence-electron chi connectivity index (χ3n) is 4.93. The SMILES string of the molecule is CC(CNC(=O)C1C2CCC(C2)C1N)Oc1ccccc1.Cl. The zero-order chi connectivity index (χ0) is 14.8. The Kier molecular flexibility index (Phi) is 5.70. The molecule has 1 amide bonds. The van der Waals surface area contributed by atoms with Crippen LogP contribution in [0.3, 0.4) is 0 Å². The number of benzene rings is 1. The molecule has 0 heterocycles. The van der Waals surface area contributed by atoms with Gasteiger partial charge < -0.3 is 15.8 Å². The third-order valence-corrected chi connectivity index (χ3v) is 4.93. The summed E-state index contributed by atoms with van der Waals surface area (Å²) in [4.78, 5) is 12.4. The van der Waals surface area contributed by atoms with Gasteiger partial charge in [0.15, 0.2) is 0 Å². The van der Waals surface area contributed by atoms with Gasteiger partial charge in [-0.15, -0.1) is 12.4 Å². The standard InChI is InChI=1S/C17H24N2O2.ClH/c1-11(21-14-5-3-2-4-6-14)10-19-17(20)15-12-7-8-13(9-12)16(15)18;/h2-6,11-13,15-16H,7-10,18H2,1H3,(H,19,20);1H. The van der Waals surface area contributed by atoms with Crippen LogP contribution in [0.1, 0.15) is 26.2 Å². The van der Waals surface area contributed by atoms with Crippen molar-refractivity contribution in [3.8, 4) is 5.75 Å². The predicted octanol–water partition coefficient (Wildman–Crippen LogP) is 2.37. The van der Waals surface area contributed by atoms with Crippen LogP contribution < -0.4 is 15.8 Å². The Hall–Kier alpha value is -1.26. The van der Waals surface area contributed by atoms with E-state index in [1.165, 1.54) is 6.42 Å².